The van der Waals surface area contributed by atoms with Gasteiger partial charge in [0.05, 0.1) is 18.1 Å². The molecular weight excluding hydrogens is 307 g/mol. The zero-order chi connectivity index (χ0) is 16.8. The van der Waals surface area contributed by atoms with Crippen LogP contribution in [0.15, 0.2) is 47.3 Å². The van der Waals surface area contributed by atoms with Crippen molar-refractivity contribution in [1.29, 1.82) is 0 Å². The average molecular weight is 322 g/mol. The van der Waals surface area contributed by atoms with Crippen LogP contribution in [0.1, 0.15) is 5.56 Å². The Morgan fingerprint density at radius 1 is 1.00 bits per heavy atom. The van der Waals surface area contributed by atoms with E-state index in [4.69, 9.17) is 4.74 Å². The normalized spacial score (nSPS) is 11.3. The molecule has 0 saturated heterocycles. The van der Waals surface area contributed by atoms with Crippen LogP contribution in [0.2, 0.25) is 0 Å². The highest BCUT2D eigenvalue weighted by Crippen LogP contribution is 2.36. The van der Waals surface area contributed by atoms with Gasteiger partial charge in [0.25, 0.3) is 5.56 Å². The van der Waals surface area contributed by atoms with Crippen molar-refractivity contribution in [2.75, 3.05) is 7.11 Å². The molecule has 2 aromatic heterocycles. The lowest BCUT2D eigenvalue weighted by Crippen LogP contribution is -2.11. The lowest BCUT2D eigenvalue weighted by atomic mass is 9.99. The number of para-hydroxylation sites is 1. The lowest BCUT2D eigenvalue weighted by molar-refractivity contribution is 0.387. The summed E-state index contributed by atoms with van der Waals surface area (Å²) in [6.07, 6.45) is 0. The standard InChI is InChI=1S/C19H15FN2O2/c1-10-15(12-7-5-9-14(24-2)16(12)20)18-17(22-19(10)23)11-6-3-4-8-13(11)21-18/h3-9,21H,1-2H3,(H,22,23). The van der Waals surface area contributed by atoms with Crippen molar-refractivity contribution in [3.8, 4) is 16.9 Å². The van der Waals surface area contributed by atoms with E-state index >= 15 is 0 Å². The Morgan fingerprint density at radius 3 is 2.58 bits per heavy atom. The first-order chi connectivity index (χ1) is 11.6. The van der Waals surface area contributed by atoms with Gasteiger partial charge in [0, 0.05) is 27.6 Å². The Bertz CT molecular complexity index is 1140. The monoisotopic (exact) mass is 322 g/mol. The Labute approximate surface area is 136 Å². The van der Waals surface area contributed by atoms with Crippen LogP contribution < -0.4 is 10.3 Å². The number of rotatable bonds is 2. The molecule has 5 heteroatoms. The van der Waals surface area contributed by atoms with Crippen molar-refractivity contribution in [2.24, 2.45) is 0 Å². The third-order valence-electron chi connectivity index (χ3n) is 4.36. The molecule has 0 bridgehead atoms. The van der Waals surface area contributed by atoms with Gasteiger partial charge in [-0.05, 0) is 19.1 Å². The second-order valence-electron chi connectivity index (χ2n) is 5.70. The number of ether oxygens (including phenoxy) is 1. The first-order valence-corrected chi connectivity index (χ1v) is 7.58. The minimum atomic E-state index is -0.478. The van der Waals surface area contributed by atoms with Crippen LogP contribution in [-0.4, -0.2) is 17.1 Å². The Balaban J connectivity index is 2.19. The quantitative estimate of drug-likeness (QED) is 0.583. The number of halogens is 1. The summed E-state index contributed by atoms with van der Waals surface area (Å²) in [5, 5.41) is 0.897. The zero-order valence-corrected chi connectivity index (χ0v) is 13.2. The highest BCUT2D eigenvalue weighted by Gasteiger charge is 2.19. The minimum absolute atomic E-state index is 0.149. The number of hydrogen-bond donors (Lipinski definition) is 2. The topological polar surface area (TPSA) is 57.9 Å². The zero-order valence-electron chi connectivity index (χ0n) is 13.2. The van der Waals surface area contributed by atoms with Gasteiger partial charge in [0.1, 0.15) is 0 Å². The molecule has 2 heterocycles. The van der Waals surface area contributed by atoms with Crippen LogP contribution in [0.4, 0.5) is 4.39 Å². The van der Waals surface area contributed by atoms with E-state index < -0.39 is 5.82 Å². The smallest absolute Gasteiger partial charge is 0.252 e. The fraction of sp³-hybridized carbons (Fsp3) is 0.105. The van der Waals surface area contributed by atoms with Crippen LogP contribution in [0, 0.1) is 12.7 Å². The van der Waals surface area contributed by atoms with Gasteiger partial charge in [0.2, 0.25) is 0 Å². The van der Waals surface area contributed by atoms with Crippen molar-refractivity contribution in [3.63, 3.8) is 0 Å². The first-order valence-electron chi connectivity index (χ1n) is 7.58. The van der Waals surface area contributed by atoms with E-state index in [1.165, 1.54) is 7.11 Å². The average Bonchev–Trinajstić information content (AvgIpc) is 2.95. The van der Waals surface area contributed by atoms with Crippen LogP contribution in [0.25, 0.3) is 33.1 Å². The Hall–Kier alpha value is -3.08. The summed E-state index contributed by atoms with van der Waals surface area (Å²) >= 11 is 0. The maximum atomic E-state index is 14.8. The summed E-state index contributed by atoms with van der Waals surface area (Å²) in [7, 11) is 1.42. The van der Waals surface area contributed by atoms with Crippen LogP contribution in [-0.2, 0) is 0 Å². The third-order valence-corrected chi connectivity index (χ3v) is 4.36. The van der Waals surface area contributed by atoms with E-state index in [2.05, 4.69) is 9.97 Å². The van der Waals surface area contributed by atoms with Gasteiger partial charge in [-0.1, -0.05) is 30.3 Å². The summed E-state index contributed by atoms with van der Waals surface area (Å²) in [6.45, 7) is 1.69. The second-order valence-corrected chi connectivity index (χ2v) is 5.70. The molecule has 2 N–H and O–H groups in total. The van der Waals surface area contributed by atoms with Gasteiger partial charge in [-0.25, -0.2) is 4.39 Å². The molecule has 24 heavy (non-hydrogen) atoms. The van der Waals surface area contributed by atoms with Crippen molar-refractivity contribution >= 4 is 21.9 Å². The van der Waals surface area contributed by atoms with E-state index in [0.717, 1.165) is 10.9 Å². The van der Waals surface area contributed by atoms with Crippen molar-refractivity contribution in [1.82, 2.24) is 9.97 Å². The number of nitrogens with one attached hydrogen (secondary N) is 2. The number of aromatic nitrogens is 2. The molecular formula is C19H15FN2O2. The molecule has 120 valence electrons. The number of hydrogen-bond acceptors (Lipinski definition) is 2. The highest BCUT2D eigenvalue weighted by molar-refractivity contribution is 6.10. The molecule has 2 aromatic carbocycles. The minimum Gasteiger partial charge on any atom is -0.494 e. The van der Waals surface area contributed by atoms with Crippen molar-refractivity contribution in [3.05, 3.63) is 64.2 Å². The molecule has 0 atom stereocenters. The fourth-order valence-electron chi connectivity index (χ4n) is 3.17. The number of aromatic amines is 2. The number of pyridine rings is 1. The maximum Gasteiger partial charge on any atom is 0.252 e. The van der Waals surface area contributed by atoms with Crippen LogP contribution in [0.3, 0.4) is 0 Å². The third kappa shape index (κ3) is 1.94. The van der Waals surface area contributed by atoms with Gasteiger partial charge in [-0.3, -0.25) is 4.79 Å². The number of fused-ring (bicyclic) bond motifs is 3. The summed E-state index contributed by atoms with van der Waals surface area (Å²) in [5.74, 6) is -0.329. The van der Waals surface area contributed by atoms with E-state index in [0.29, 0.717) is 27.7 Å². The van der Waals surface area contributed by atoms with E-state index in [1.54, 1.807) is 25.1 Å². The Morgan fingerprint density at radius 2 is 1.79 bits per heavy atom. The maximum absolute atomic E-state index is 14.8. The second kappa shape index (κ2) is 5.23. The molecule has 0 unspecified atom stereocenters. The molecule has 4 nitrogen and oxygen atoms in total. The Kier molecular flexibility index (Phi) is 3.16. The van der Waals surface area contributed by atoms with Gasteiger partial charge < -0.3 is 14.7 Å². The number of benzene rings is 2. The molecule has 0 fully saturated rings. The molecule has 0 aliphatic rings. The van der Waals surface area contributed by atoms with Crippen LogP contribution in [0.5, 0.6) is 5.75 Å². The van der Waals surface area contributed by atoms with E-state index in [9.17, 15) is 9.18 Å². The fourth-order valence-corrected chi connectivity index (χ4v) is 3.17. The molecule has 0 aliphatic heterocycles. The van der Waals surface area contributed by atoms with Gasteiger partial charge in [0.15, 0.2) is 11.6 Å². The summed E-state index contributed by atoms with van der Waals surface area (Å²) in [5.41, 5.74) is 3.40. The summed E-state index contributed by atoms with van der Waals surface area (Å²) < 4.78 is 19.9. The highest BCUT2D eigenvalue weighted by atomic mass is 19.1. The molecule has 4 aromatic rings. The number of methoxy groups -OCH3 is 1. The summed E-state index contributed by atoms with van der Waals surface area (Å²) in [4.78, 5) is 18.6. The molecule has 0 spiro atoms. The van der Waals surface area contributed by atoms with Crippen molar-refractivity contribution < 1.29 is 9.13 Å². The molecule has 0 amide bonds. The van der Waals surface area contributed by atoms with Crippen LogP contribution >= 0.6 is 0 Å². The van der Waals surface area contributed by atoms with Crippen molar-refractivity contribution in [2.45, 2.75) is 6.92 Å². The van der Waals surface area contributed by atoms with Gasteiger partial charge in [-0.2, -0.15) is 0 Å². The molecule has 0 aliphatic carbocycles. The SMILES string of the molecule is COc1cccc(-c2c(C)c(=O)[nH]c3c2[nH]c2ccccc23)c1F. The molecule has 4 rings (SSSR count). The van der Waals surface area contributed by atoms with Gasteiger partial charge in [-0.15, -0.1) is 0 Å². The number of H-pyrrole nitrogens is 2. The first kappa shape index (κ1) is 14.5. The van der Waals surface area contributed by atoms with E-state index in [1.807, 2.05) is 24.3 Å². The predicted molar refractivity (Wildman–Crippen MR) is 93.1 cm³/mol. The lowest BCUT2D eigenvalue weighted by Gasteiger charge is -2.11. The van der Waals surface area contributed by atoms with E-state index in [-0.39, 0.29) is 11.3 Å². The largest absolute Gasteiger partial charge is 0.494 e. The predicted octanol–water partition coefficient (Wildman–Crippen LogP) is 4.13. The summed E-state index contributed by atoms with van der Waals surface area (Å²) in [6, 6.07) is 12.6. The molecule has 0 saturated carbocycles. The molecule has 0 radical (unpaired) electrons. The van der Waals surface area contributed by atoms with Gasteiger partial charge >= 0.3 is 0 Å².